The largest absolute Gasteiger partial charge is 0.355 e. The topological polar surface area (TPSA) is 77.6 Å². The third-order valence-electron chi connectivity index (χ3n) is 5.25. The predicted molar refractivity (Wildman–Crippen MR) is 122 cm³/mol. The Morgan fingerprint density at radius 2 is 1.56 bits per heavy atom. The van der Waals surface area contributed by atoms with Crippen LogP contribution in [-0.2, 0) is 0 Å². The summed E-state index contributed by atoms with van der Waals surface area (Å²) in [4.78, 5) is 33.1. The zero-order chi connectivity index (χ0) is 22.3. The highest BCUT2D eigenvalue weighted by Crippen LogP contribution is 2.18. The highest BCUT2D eigenvalue weighted by molar-refractivity contribution is 5.99. The van der Waals surface area contributed by atoms with Gasteiger partial charge >= 0.3 is 6.03 Å². The Kier molecular flexibility index (Phi) is 6.60. The van der Waals surface area contributed by atoms with Gasteiger partial charge in [0.25, 0.3) is 5.91 Å². The summed E-state index contributed by atoms with van der Waals surface area (Å²) in [5.41, 5.74) is 1.38. The monoisotopic (exact) mass is 433 g/mol. The standard InChI is InChI=1S/C24H24FN5O2/c25-21-10-5-4-9-20(21)23(31)30-14-6-13-29(15-16-30)22-12-11-19(17-26-22)28-24(32)27-18-7-2-1-3-8-18/h1-5,7-12,17H,6,13-16H2,(H2,27,28,32). The average Bonchev–Trinajstić information content (AvgIpc) is 3.06. The van der Waals surface area contributed by atoms with Crippen LogP contribution in [0, 0.1) is 5.82 Å². The molecule has 1 aliphatic heterocycles. The van der Waals surface area contributed by atoms with Gasteiger partial charge in [0.05, 0.1) is 17.4 Å². The zero-order valence-electron chi connectivity index (χ0n) is 17.5. The maximum Gasteiger partial charge on any atom is 0.323 e. The van der Waals surface area contributed by atoms with Crippen LogP contribution in [0.5, 0.6) is 0 Å². The number of rotatable bonds is 4. The van der Waals surface area contributed by atoms with Crippen LogP contribution in [0.1, 0.15) is 16.8 Å². The lowest BCUT2D eigenvalue weighted by molar-refractivity contribution is 0.0762. The number of benzene rings is 2. The van der Waals surface area contributed by atoms with Gasteiger partial charge in [0.2, 0.25) is 0 Å². The molecule has 3 amide bonds. The van der Waals surface area contributed by atoms with Crippen molar-refractivity contribution in [2.45, 2.75) is 6.42 Å². The maximum atomic E-state index is 14.0. The van der Waals surface area contributed by atoms with Crippen molar-refractivity contribution in [2.24, 2.45) is 0 Å². The van der Waals surface area contributed by atoms with Gasteiger partial charge in [0, 0.05) is 31.9 Å². The van der Waals surface area contributed by atoms with Crippen molar-refractivity contribution < 1.29 is 14.0 Å². The fourth-order valence-corrected chi connectivity index (χ4v) is 3.62. The Morgan fingerprint density at radius 1 is 0.812 bits per heavy atom. The van der Waals surface area contributed by atoms with Gasteiger partial charge in [-0.05, 0) is 42.8 Å². The number of carbonyl (C=O) groups excluding carboxylic acids is 2. The Hall–Kier alpha value is -3.94. The van der Waals surface area contributed by atoms with Crippen LogP contribution in [-0.4, -0.2) is 48.0 Å². The molecular weight excluding hydrogens is 409 g/mol. The molecule has 1 aromatic heterocycles. The number of para-hydroxylation sites is 1. The number of urea groups is 1. The van der Waals surface area contributed by atoms with E-state index in [-0.39, 0.29) is 17.5 Å². The van der Waals surface area contributed by atoms with Gasteiger partial charge in [-0.15, -0.1) is 0 Å². The first kappa shape index (κ1) is 21.3. The van der Waals surface area contributed by atoms with Gasteiger partial charge < -0.3 is 20.4 Å². The van der Waals surface area contributed by atoms with Gasteiger partial charge in [0.15, 0.2) is 0 Å². The van der Waals surface area contributed by atoms with Crippen molar-refractivity contribution in [3.05, 3.63) is 84.3 Å². The van der Waals surface area contributed by atoms with E-state index < -0.39 is 5.82 Å². The molecule has 4 rings (SSSR count). The molecule has 1 fully saturated rings. The molecule has 32 heavy (non-hydrogen) atoms. The minimum Gasteiger partial charge on any atom is -0.355 e. The number of nitrogens with zero attached hydrogens (tertiary/aromatic N) is 3. The summed E-state index contributed by atoms with van der Waals surface area (Å²) in [6, 6.07) is 18.5. The molecule has 8 heteroatoms. The van der Waals surface area contributed by atoms with E-state index in [1.807, 2.05) is 24.3 Å². The molecule has 2 heterocycles. The highest BCUT2D eigenvalue weighted by atomic mass is 19.1. The summed E-state index contributed by atoms with van der Waals surface area (Å²) in [7, 11) is 0. The number of amides is 3. The zero-order valence-corrected chi connectivity index (χ0v) is 17.5. The second-order valence-electron chi connectivity index (χ2n) is 7.46. The third-order valence-corrected chi connectivity index (χ3v) is 5.25. The molecule has 0 saturated carbocycles. The Balaban J connectivity index is 1.34. The molecule has 0 atom stereocenters. The van der Waals surface area contributed by atoms with E-state index in [9.17, 15) is 14.0 Å². The van der Waals surface area contributed by atoms with Gasteiger partial charge in [-0.3, -0.25) is 4.79 Å². The third kappa shape index (κ3) is 5.21. The number of carbonyl (C=O) groups is 2. The number of pyridine rings is 1. The fourth-order valence-electron chi connectivity index (χ4n) is 3.62. The molecule has 7 nitrogen and oxygen atoms in total. The first-order valence-corrected chi connectivity index (χ1v) is 10.5. The summed E-state index contributed by atoms with van der Waals surface area (Å²) >= 11 is 0. The summed E-state index contributed by atoms with van der Waals surface area (Å²) in [6.07, 6.45) is 2.36. The first-order chi connectivity index (χ1) is 15.6. The minimum absolute atomic E-state index is 0.100. The van der Waals surface area contributed by atoms with Crippen LogP contribution >= 0.6 is 0 Å². The molecule has 3 aromatic rings. The smallest absolute Gasteiger partial charge is 0.323 e. The number of nitrogens with one attached hydrogen (secondary N) is 2. The van der Waals surface area contributed by atoms with Crippen LogP contribution in [0.3, 0.4) is 0 Å². The van der Waals surface area contributed by atoms with Gasteiger partial charge in [-0.25, -0.2) is 14.2 Å². The Labute approximate surface area is 185 Å². The fraction of sp³-hybridized carbons (Fsp3) is 0.208. The molecule has 0 unspecified atom stereocenters. The van der Waals surface area contributed by atoms with E-state index in [1.165, 1.54) is 12.1 Å². The van der Waals surface area contributed by atoms with E-state index in [2.05, 4.69) is 20.5 Å². The van der Waals surface area contributed by atoms with E-state index in [0.29, 0.717) is 31.0 Å². The molecule has 0 bridgehead atoms. The molecule has 164 valence electrons. The molecule has 2 N–H and O–H groups in total. The summed E-state index contributed by atoms with van der Waals surface area (Å²) in [5.74, 6) is -0.0271. The highest BCUT2D eigenvalue weighted by Gasteiger charge is 2.22. The SMILES string of the molecule is O=C(Nc1ccccc1)Nc1ccc(N2CCCN(C(=O)c3ccccc3F)CC2)nc1. The quantitative estimate of drug-likeness (QED) is 0.646. The van der Waals surface area contributed by atoms with Gasteiger partial charge in [0.1, 0.15) is 11.6 Å². The van der Waals surface area contributed by atoms with E-state index in [4.69, 9.17) is 0 Å². The molecular formula is C24H24FN5O2. The van der Waals surface area contributed by atoms with Crippen molar-refractivity contribution in [1.29, 1.82) is 0 Å². The molecule has 0 spiro atoms. The van der Waals surface area contributed by atoms with Gasteiger partial charge in [-0.2, -0.15) is 0 Å². The molecule has 2 aromatic carbocycles. The summed E-state index contributed by atoms with van der Waals surface area (Å²) in [5, 5.41) is 5.52. The predicted octanol–water partition coefficient (Wildman–Crippen LogP) is 4.22. The summed E-state index contributed by atoms with van der Waals surface area (Å²) < 4.78 is 14.0. The second-order valence-corrected chi connectivity index (χ2v) is 7.46. The normalized spacial score (nSPS) is 13.9. The van der Waals surface area contributed by atoms with Crippen molar-refractivity contribution >= 4 is 29.1 Å². The number of hydrogen-bond donors (Lipinski definition) is 2. The molecule has 0 aliphatic carbocycles. The average molecular weight is 433 g/mol. The molecule has 1 saturated heterocycles. The van der Waals surface area contributed by atoms with Crippen molar-refractivity contribution in [3.8, 4) is 0 Å². The van der Waals surface area contributed by atoms with E-state index in [0.717, 1.165) is 18.8 Å². The maximum absolute atomic E-state index is 14.0. The van der Waals surface area contributed by atoms with Crippen molar-refractivity contribution in [3.63, 3.8) is 0 Å². The second kappa shape index (κ2) is 9.91. The lowest BCUT2D eigenvalue weighted by Gasteiger charge is -2.23. The molecule has 1 aliphatic rings. The van der Waals surface area contributed by atoms with Gasteiger partial charge in [-0.1, -0.05) is 30.3 Å². The van der Waals surface area contributed by atoms with E-state index in [1.54, 1.807) is 41.4 Å². The lowest BCUT2D eigenvalue weighted by atomic mass is 10.2. The van der Waals surface area contributed by atoms with Crippen LogP contribution in [0.15, 0.2) is 72.9 Å². The number of aromatic nitrogens is 1. The Bertz CT molecular complexity index is 1080. The summed E-state index contributed by atoms with van der Waals surface area (Å²) in [6.45, 7) is 2.36. The number of hydrogen-bond acceptors (Lipinski definition) is 4. The van der Waals surface area contributed by atoms with Crippen LogP contribution in [0.25, 0.3) is 0 Å². The molecule has 0 radical (unpaired) electrons. The number of anilines is 3. The van der Waals surface area contributed by atoms with Crippen LogP contribution in [0.4, 0.5) is 26.4 Å². The van der Waals surface area contributed by atoms with Crippen LogP contribution < -0.4 is 15.5 Å². The van der Waals surface area contributed by atoms with Crippen molar-refractivity contribution in [2.75, 3.05) is 41.7 Å². The number of halogens is 1. The Morgan fingerprint density at radius 3 is 2.31 bits per heavy atom. The van der Waals surface area contributed by atoms with Crippen molar-refractivity contribution in [1.82, 2.24) is 9.88 Å². The van der Waals surface area contributed by atoms with Crippen LogP contribution in [0.2, 0.25) is 0 Å². The minimum atomic E-state index is -0.500. The first-order valence-electron chi connectivity index (χ1n) is 10.5. The lowest BCUT2D eigenvalue weighted by Crippen LogP contribution is -2.35. The van der Waals surface area contributed by atoms with E-state index >= 15 is 0 Å².